The molecule has 11 nitrogen and oxygen atoms in total. The SMILES string of the molecule is CCCCC[C@H](O)/C=C/[C@H]1[C@H](O)CC(=O)[C@@H]1CCCCCCC(=O)O.Cn1c(=O)c2c(ncn2C)n(C)c1=O. The summed E-state index contributed by atoms with van der Waals surface area (Å²) in [5.74, 6) is -1.04. The third kappa shape index (κ3) is 8.99. The van der Waals surface area contributed by atoms with Crippen molar-refractivity contribution in [2.75, 3.05) is 0 Å². The molecular formula is C28H44N4O7. The first-order valence-electron chi connectivity index (χ1n) is 13.9. The monoisotopic (exact) mass is 548 g/mol. The Morgan fingerprint density at radius 3 is 2.44 bits per heavy atom. The Bertz CT molecular complexity index is 1240. The highest BCUT2D eigenvalue weighted by Gasteiger charge is 2.39. The fourth-order valence-electron chi connectivity index (χ4n) is 5.01. The quantitative estimate of drug-likeness (QED) is 0.254. The van der Waals surface area contributed by atoms with Crippen LogP contribution in [0, 0.1) is 11.8 Å². The van der Waals surface area contributed by atoms with Crippen molar-refractivity contribution in [3.8, 4) is 0 Å². The summed E-state index contributed by atoms with van der Waals surface area (Å²) in [6.45, 7) is 2.12. The number of aromatic nitrogens is 4. The minimum atomic E-state index is -0.767. The predicted octanol–water partition coefficient (Wildman–Crippen LogP) is 2.45. The number of nitrogens with zero attached hydrogens (tertiary/aromatic N) is 4. The van der Waals surface area contributed by atoms with Crippen LogP contribution in [0.1, 0.15) is 77.6 Å². The van der Waals surface area contributed by atoms with Crippen molar-refractivity contribution in [1.29, 1.82) is 0 Å². The van der Waals surface area contributed by atoms with Gasteiger partial charge in [-0.2, -0.15) is 0 Å². The molecule has 0 saturated heterocycles. The molecule has 218 valence electrons. The lowest BCUT2D eigenvalue weighted by Gasteiger charge is -2.18. The van der Waals surface area contributed by atoms with Gasteiger partial charge >= 0.3 is 11.7 Å². The van der Waals surface area contributed by atoms with Gasteiger partial charge in [0.05, 0.1) is 18.5 Å². The highest BCUT2D eigenvalue weighted by molar-refractivity contribution is 5.84. The molecule has 3 N–H and O–H groups in total. The normalized spacial score (nSPS) is 19.9. The largest absolute Gasteiger partial charge is 0.481 e. The number of Topliss-reactive ketones (excluding diaryl/α,β-unsaturated/α-hetero) is 1. The van der Waals surface area contributed by atoms with Crippen molar-refractivity contribution in [2.45, 2.75) is 89.8 Å². The molecule has 0 radical (unpaired) electrons. The molecular weight excluding hydrogens is 504 g/mol. The van der Waals surface area contributed by atoms with Crippen LogP contribution in [-0.4, -0.2) is 58.0 Å². The van der Waals surface area contributed by atoms with Crippen LogP contribution in [-0.2, 0) is 30.7 Å². The predicted molar refractivity (Wildman–Crippen MR) is 148 cm³/mol. The van der Waals surface area contributed by atoms with E-state index in [1.165, 1.54) is 17.9 Å². The number of carboxylic acids is 1. The fourth-order valence-corrected chi connectivity index (χ4v) is 5.01. The molecule has 0 amide bonds. The number of aliphatic carboxylic acids is 1. The van der Waals surface area contributed by atoms with Gasteiger partial charge in [-0.1, -0.05) is 57.6 Å². The number of carbonyl (C=O) groups is 2. The van der Waals surface area contributed by atoms with Gasteiger partial charge in [0.2, 0.25) is 0 Å². The molecule has 0 aromatic carbocycles. The standard InChI is InChI=1S/C20H34O5.C8H10N4O2/c1-2-3-6-9-15(21)12-13-17-16(18(22)14-19(17)23)10-7-4-5-8-11-20(24)25;1-10-4-9-6-5(10)7(13)12(3)8(14)11(6)2/h12-13,15-17,19,21,23H,2-11,14H2,1H3,(H,24,25);4H,1-3H3/b13-12+;/t15-,16+,17+,19+;/m0./s1. The Morgan fingerprint density at radius 1 is 1.08 bits per heavy atom. The molecule has 1 saturated carbocycles. The van der Waals surface area contributed by atoms with E-state index in [4.69, 9.17) is 5.11 Å². The van der Waals surface area contributed by atoms with Crippen molar-refractivity contribution in [3.63, 3.8) is 0 Å². The molecule has 39 heavy (non-hydrogen) atoms. The Labute approximate surface area is 228 Å². The maximum Gasteiger partial charge on any atom is 0.332 e. The number of carboxylic acid groups (broad SMARTS) is 1. The van der Waals surface area contributed by atoms with Crippen LogP contribution >= 0.6 is 0 Å². The molecule has 0 bridgehead atoms. The van der Waals surface area contributed by atoms with Crippen molar-refractivity contribution in [3.05, 3.63) is 39.3 Å². The number of unbranched alkanes of at least 4 members (excludes halogenated alkanes) is 5. The van der Waals surface area contributed by atoms with Crippen LogP contribution in [0.25, 0.3) is 11.2 Å². The molecule has 1 aliphatic carbocycles. The second kappa shape index (κ2) is 15.5. The van der Waals surface area contributed by atoms with Gasteiger partial charge in [-0.05, 0) is 19.3 Å². The smallest absolute Gasteiger partial charge is 0.332 e. The molecule has 0 unspecified atom stereocenters. The van der Waals surface area contributed by atoms with Crippen LogP contribution in [0.3, 0.4) is 0 Å². The zero-order valence-electron chi connectivity index (χ0n) is 23.6. The number of hydrogen-bond acceptors (Lipinski definition) is 7. The Balaban J connectivity index is 0.000000318. The highest BCUT2D eigenvalue weighted by Crippen LogP contribution is 2.34. The fraction of sp³-hybridized carbons (Fsp3) is 0.679. The summed E-state index contributed by atoms with van der Waals surface area (Å²) in [5.41, 5.74) is 0.180. The zero-order chi connectivity index (χ0) is 29.1. The van der Waals surface area contributed by atoms with Crippen molar-refractivity contribution >= 4 is 22.9 Å². The molecule has 0 aliphatic heterocycles. The van der Waals surface area contributed by atoms with E-state index in [1.807, 2.05) is 6.08 Å². The minimum absolute atomic E-state index is 0.105. The van der Waals surface area contributed by atoms with E-state index in [2.05, 4.69) is 11.9 Å². The van der Waals surface area contributed by atoms with Crippen LogP contribution in [0.2, 0.25) is 0 Å². The summed E-state index contributed by atoms with van der Waals surface area (Å²) in [6, 6.07) is 0. The van der Waals surface area contributed by atoms with Crippen molar-refractivity contribution in [1.82, 2.24) is 18.7 Å². The number of carbonyl (C=O) groups excluding carboxylic acids is 1. The van der Waals surface area contributed by atoms with Crippen LogP contribution in [0.5, 0.6) is 0 Å². The number of aryl methyl sites for hydroxylation is 2. The summed E-state index contributed by atoms with van der Waals surface area (Å²) in [6.07, 6.45) is 12.3. The second-order valence-electron chi connectivity index (χ2n) is 10.4. The van der Waals surface area contributed by atoms with Crippen molar-refractivity contribution < 1.29 is 24.9 Å². The summed E-state index contributed by atoms with van der Waals surface area (Å²) in [7, 11) is 4.77. The summed E-state index contributed by atoms with van der Waals surface area (Å²) in [5, 5.41) is 28.7. The number of hydrogen-bond donors (Lipinski definition) is 3. The average Bonchev–Trinajstić information content (AvgIpc) is 3.40. The van der Waals surface area contributed by atoms with E-state index in [0.29, 0.717) is 17.6 Å². The third-order valence-electron chi connectivity index (χ3n) is 7.36. The lowest BCUT2D eigenvalue weighted by molar-refractivity contribution is -0.137. The number of aliphatic hydroxyl groups excluding tert-OH is 2. The van der Waals surface area contributed by atoms with E-state index in [9.17, 15) is 29.4 Å². The first kappa shape index (κ1) is 32.2. The number of fused-ring (bicyclic) bond motifs is 1. The van der Waals surface area contributed by atoms with Gasteiger partial charge in [0, 0.05) is 45.8 Å². The summed E-state index contributed by atoms with van der Waals surface area (Å²) < 4.78 is 4.04. The lowest BCUT2D eigenvalue weighted by Crippen LogP contribution is -2.37. The number of rotatable bonds is 13. The second-order valence-corrected chi connectivity index (χ2v) is 10.4. The van der Waals surface area contributed by atoms with E-state index >= 15 is 0 Å². The maximum atomic E-state index is 12.1. The third-order valence-corrected chi connectivity index (χ3v) is 7.36. The lowest BCUT2D eigenvalue weighted by atomic mass is 9.88. The maximum absolute atomic E-state index is 12.1. The van der Waals surface area contributed by atoms with Crippen molar-refractivity contribution in [2.24, 2.45) is 33.0 Å². The number of aliphatic hydroxyl groups is 2. The molecule has 2 aromatic rings. The van der Waals surface area contributed by atoms with E-state index in [1.54, 1.807) is 24.7 Å². The van der Waals surface area contributed by atoms with E-state index in [0.717, 1.165) is 55.9 Å². The summed E-state index contributed by atoms with van der Waals surface area (Å²) in [4.78, 5) is 49.8. The molecule has 11 heteroatoms. The first-order chi connectivity index (χ1) is 18.5. The molecule has 1 fully saturated rings. The Kier molecular flexibility index (Phi) is 12.8. The Morgan fingerprint density at radius 2 is 1.77 bits per heavy atom. The van der Waals surface area contributed by atoms with E-state index < -0.39 is 18.2 Å². The van der Waals surface area contributed by atoms with Crippen LogP contribution in [0.15, 0.2) is 28.1 Å². The number of imidazole rings is 1. The van der Waals surface area contributed by atoms with Gasteiger partial charge in [-0.15, -0.1) is 0 Å². The van der Waals surface area contributed by atoms with Gasteiger partial charge < -0.3 is 19.9 Å². The first-order valence-corrected chi connectivity index (χ1v) is 13.9. The van der Waals surface area contributed by atoms with Gasteiger partial charge in [-0.3, -0.25) is 23.5 Å². The van der Waals surface area contributed by atoms with Crippen LogP contribution in [0.4, 0.5) is 0 Å². The molecule has 2 aromatic heterocycles. The Hall–Kier alpha value is -3.05. The molecule has 2 heterocycles. The van der Waals surface area contributed by atoms with E-state index in [-0.39, 0.29) is 41.7 Å². The molecule has 4 atom stereocenters. The topological polar surface area (TPSA) is 157 Å². The van der Waals surface area contributed by atoms with Gasteiger partial charge in [0.15, 0.2) is 11.2 Å². The molecule has 0 spiro atoms. The average molecular weight is 549 g/mol. The van der Waals surface area contributed by atoms with Gasteiger partial charge in [-0.25, -0.2) is 9.78 Å². The highest BCUT2D eigenvalue weighted by atomic mass is 16.4. The van der Waals surface area contributed by atoms with Crippen LogP contribution < -0.4 is 11.2 Å². The molecule has 3 rings (SSSR count). The van der Waals surface area contributed by atoms with Gasteiger partial charge in [0.25, 0.3) is 5.56 Å². The molecule has 1 aliphatic rings. The van der Waals surface area contributed by atoms with Gasteiger partial charge in [0.1, 0.15) is 5.78 Å². The number of ketones is 1. The zero-order valence-corrected chi connectivity index (χ0v) is 23.6. The summed E-state index contributed by atoms with van der Waals surface area (Å²) >= 11 is 0. The minimum Gasteiger partial charge on any atom is -0.481 e.